The van der Waals surface area contributed by atoms with Crippen molar-refractivity contribution in [1.82, 2.24) is 0 Å². The van der Waals surface area contributed by atoms with E-state index in [0.717, 1.165) is 5.56 Å². The largest absolute Gasteiger partial charge is 0.366 e. The van der Waals surface area contributed by atoms with E-state index in [1.807, 2.05) is 19.9 Å². The van der Waals surface area contributed by atoms with Crippen molar-refractivity contribution in [3.05, 3.63) is 35.1 Å². The zero-order valence-corrected chi connectivity index (χ0v) is 7.23. The van der Waals surface area contributed by atoms with Crippen molar-refractivity contribution in [1.29, 1.82) is 0 Å². The van der Waals surface area contributed by atoms with E-state index in [2.05, 4.69) is 0 Å². The molecule has 0 amide bonds. The lowest BCUT2D eigenvalue weighted by Crippen LogP contribution is -2.14. The molecule has 1 aliphatic rings. The van der Waals surface area contributed by atoms with E-state index >= 15 is 0 Å². The fourth-order valence-corrected chi connectivity index (χ4v) is 1.60. The first-order valence-corrected chi connectivity index (χ1v) is 4.03. The molecular formula is C10H11FO. The van der Waals surface area contributed by atoms with E-state index < -0.39 is 0 Å². The van der Waals surface area contributed by atoms with Crippen LogP contribution in [0.5, 0.6) is 0 Å². The molecule has 1 aliphatic heterocycles. The maximum absolute atomic E-state index is 13.2. The van der Waals surface area contributed by atoms with E-state index in [1.54, 1.807) is 6.07 Å². The van der Waals surface area contributed by atoms with Gasteiger partial charge in [-0.2, -0.15) is 0 Å². The van der Waals surface area contributed by atoms with Gasteiger partial charge >= 0.3 is 0 Å². The molecule has 0 bridgehead atoms. The summed E-state index contributed by atoms with van der Waals surface area (Å²) in [5, 5.41) is 0. The molecule has 1 heterocycles. The molecule has 0 radical (unpaired) electrons. The third-order valence-corrected chi connectivity index (χ3v) is 2.34. The fraction of sp³-hybridized carbons (Fsp3) is 0.400. The van der Waals surface area contributed by atoms with Crippen LogP contribution in [0.2, 0.25) is 0 Å². The summed E-state index contributed by atoms with van der Waals surface area (Å²) in [6.07, 6.45) is 0. The van der Waals surface area contributed by atoms with Crippen LogP contribution >= 0.6 is 0 Å². The molecule has 0 saturated carbocycles. The third-order valence-electron chi connectivity index (χ3n) is 2.34. The number of hydrogen-bond acceptors (Lipinski definition) is 1. The highest BCUT2D eigenvalue weighted by Crippen LogP contribution is 2.36. The molecule has 1 nitrogen and oxygen atoms in total. The first-order chi connectivity index (χ1) is 5.61. The molecule has 12 heavy (non-hydrogen) atoms. The highest BCUT2D eigenvalue weighted by Gasteiger charge is 2.32. The van der Waals surface area contributed by atoms with E-state index in [9.17, 15) is 4.39 Å². The molecule has 0 fully saturated rings. The van der Waals surface area contributed by atoms with Gasteiger partial charge in [-0.1, -0.05) is 12.1 Å². The Morgan fingerprint density at radius 1 is 1.42 bits per heavy atom. The molecule has 0 unspecified atom stereocenters. The second kappa shape index (κ2) is 2.30. The summed E-state index contributed by atoms with van der Waals surface area (Å²) in [6.45, 7) is 4.31. The lowest BCUT2D eigenvalue weighted by molar-refractivity contribution is -0.00827. The summed E-state index contributed by atoms with van der Waals surface area (Å²) in [7, 11) is 0. The second-order valence-corrected chi connectivity index (χ2v) is 3.56. The quantitative estimate of drug-likeness (QED) is 0.575. The molecule has 1 aromatic rings. The van der Waals surface area contributed by atoms with E-state index in [4.69, 9.17) is 4.74 Å². The van der Waals surface area contributed by atoms with Gasteiger partial charge in [0.2, 0.25) is 0 Å². The summed E-state index contributed by atoms with van der Waals surface area (Å²) in [5.74, 6) is -0.155. The van der Waals surface area contributed by atoms with Gasteiger partial charge in [-0.15, -0.1) is 0 Å². The second-order valence-electron chi connectivity index (χ2n) is 3.56. The zero-order valence-electron chi connectivity index (χ0n) is 7.23. The Bertz CT molecular complexity index is 318. The van der Waals surface area contributed by atoms with Crippen molar-refractivity contribution in [2.24, 2.45) is 0 Å². The van der Waals surface area contributed by atoms with Gasteiger partial charge in [0.25, 0.3) is 0 Å². The van der Waals surface area contributed by atoms with Crippen LogP contribution in [0, 0.1) is 5.82 Å². The molecule has 0 N–H and O–H groups in total. The molecule has 0 aliphatic carbocycles. The Morgan fingerprint density at radius 3 is 2.83 bits per heavy atom. The molecule has 0 spiro atoms. The summed E-state index contributed by atoms with van der Waals surface area (Å²) < 4.78 is 18.6. The minimum absolute atomic E-state index is 0.155. The van der Waals surface area contributed by atoms with Crippen molar-refractivity contribution in [3.63, 3.8) is 0 Å². The van der Waals surface area contributed by atoms with Crippen LogP contribution in [0.3, 0.4) is 0 Å². The van der Waals surface area contributed by atoms with E-state index in [-0.39, 0.29) is 11.4 Å². The summed E-state index contributed by atoms with van der Waals surface area (Å²) in [6, 6.07) is 5.12. The molecule has 0 aromatic heterocycles. The fourth-order valence-electron chi connectivity index (χ4n) is 1.60. The van der Waals surface area contributed by atoms with Gasteiger partial charge in [0, 0.05) is 5.56 Å². The normalized spacial score (nSPS) is 19.2. The number of benzene rings is 1. The van der Waals surface area contributed by atoms with E-state index in [0.29, 0.717) is 12.2 Å². The predicted octanol–water partition coefficient (Wildman–Crippen LogP) is 2.59. The van der Waals surface area contributed by atoms with Gasteiger partial charge in [0.1, 0.15) is 5.82 Å². The van der Waals surface area contributed by atoms with Crippen LogP contribution in [-0.4, -0.2) is 0 Å². The van der Waals surface area contributed by atoms with Crippen LogP contribution in [0.25, 0.3) is 0 Å². The topological polar surface area (TPSA) is 9.23 Å². The molecule has 2 rings (SSSR count). The summed E-state index contributed by atoms with van der Waals surface area (Å²) >= 11 is 0. The van der Waals surface area contributed by atoms with E-state index in [1.165, 1.54) is 6.07 Å². The van der Waals surface area contributed by atoms with Crippen LogP contribution in [-0.2, 0) is 16.9 Å². The highest BCUT2D eigenvalue weighted by atomic mass is 19.1. The SMILES string of the molecule is CC1(C)OCc2c(F)cccc21. The number of fused-ring (bicyclic) bond motifs is 1. The number of ether oxygens (including phenoxy) is 1. The van der Waals surface area contributed by atoms with Gasteiger partial charge in [-0.05, 0) is 25.5 Å². The van der Waals surface area contributed by atoms with Crippen LogP contribution in [0.4, 0.5) is 4.39 Å². The Balaban J connectivity index is 2.61. The molecular weight excluding hydrogens is 155 g/mol. The Hall–Kier alpha value is -0.890. The molecule has 1 aromatic carbocycles. The van der Waals surface area contributed by atoms with Crippen molar-refractivity contribution in [3.8, 4) is 0 Å². The van der Waals surface area contributed by atoms with Gasteiger partial charge in [0.05, 0.1) is 12.2 Å². The molecule has 2 heteroatoms. The van der Waals surface area contributed by atoms with Gasteiger partial charge in [-0.25, -0.2) is 4.39 Å². The highest BCUT2D eigenvalue weighted by molar-refractivity contribution is 5.35. The summed E-state index contributed by atoms with van der Waals surface area (Å²) in [4.78, 5) is 0. The Morgan fingerprint density at radius 2 is 2.17 bits per heavy atom. The van der Waals surface area contributed by atoms with Gasteiger partial charge in [0.15, 0.2) is 0 Å². The molecule has 0 saturated heterocycles. The maximum Gasteiger partial charge on any atom is 0.129 e. The smallest absolute Gasteiger partial charge is 0.129 e. The standard InChI is InChI=1S/C10H11FO/c1-10(2)8-4-3-5-9(11)7(8)6-12-10/h3-5H,6H2,1-2H3. The van der Waals surface area contributed by atoms with Crippen LogP contribution < -0.4 is 0 Å². The average molecular weight is 166 g/mol. The van der Waals surface area contributed by atoms with Gasteiger partial charge in [-0.3, -0.25) is 0 Å². The maximum atomic E-state index is 13.2. The first-order valence-electron chi connectivity index (χ1n) is 4.03. The Labute approximate surface area is 71.2 Å². The minimum Gasteiger partial charge on any atom is -0.366 e. The molecule has 64 valence electrons. The molecule has 0 atom stereocenters. The monoisotopic (exact) mass is 166 g/mol. The number of hydrogen-bond donors (Lipinski definition) is 0. The van der Waals surface area contributed by atoms with Crippen molar-refractivity contribution in [2.75, 3.05) is 0 Å². The zero-order chi connectivity index (χ0) is 8.77. The lowest BCUT2D eigenvalue weighted by atomic mass is 9.96. The van der Waals surface area contributed by atoms with Crippen LogP contribution in [0.1, 0.15) is 25.0 Å². The summed E-state index contributed by atoms with van der Waals surface area (Å²) in [5.41, 5.74) is 1.36. The minimum atomic E-state index is -0.322. The number of halogens is 1. The van der Waals surface area contributed by atoms with Crippen molar-refractivity contribution >= 4 is 0 Å². The van der Waals surface area contributed by atoms with Crippen LogP contribution in [0.15, 0.2) is 18.2 Å². The van der Waals surface area contributed by atoms with Crippen molar-refractivity contribution in [2.45, 2.75) is 26.1 Å². The first kappa shape index (κ1) is 7.74. The predicted molar refractivity (Wildman–Crippen MR) is 44.2 cm³/mol. The Kier molecular flexibility index (Phi) is 1.48. The average Bonchev–Trinajstić information content (AvgIpc) is 2.30. The third kappa shape index (κ3) is 0.950. The lowest BCUT2D eigenvalue weighted by Gasteiger charge is -2.17. The van der Waals surface area contributed by atoms with Crippen molar-refractivity contribution < 1.29 is 9.13 Å². The van der Waals surface area contributed by atoms with Gasteiger partial charge < -0.3 is 4.74 Å². The number of rotatable bonds is 0.